The number of ether oxygens (including phenoxy) is 2. The van der Waals surface area contributed by atoms with E-state index < -0.39 is 41.4 Å². The highest BCUT2D eigenvalue weighted by molar-refractivity contribution is 6.04. The van der Waals surface area contributed by atoms with Crippen LogP contribution in [0.5, 0.6) is 0 Å². The van der Waals surface area contributed by atoms with Gasteiger partial charge in [0.15, 0.2) is 5.82 Å². The summed E-state index contributed by atoms with van der Waals surface area (Å²) in [7, 11) is 0. The molecule has 1 N–H and O–H groups in total. The standard InChI is InChI=1S/C24H24F4N6O4/c1-23(2,3)38-22(36)33-6-7-37-18(12-33)16-5-4-15(8-17(16)25)32-21(35)14-10-31-34(11-14)20-9-19(24(26,27)28)29-13-30-20/h4-5,8-11,13,18H,6-7,12H2,1-3H3,(H,32,35)/t18-/m1/s1. The molecule has 0 unspecified atom stereocenters. The number of carbonyl (C=O) groups is 2. The summed E-state index contributed by atoms with van der Waals surface area (Å²) in [6.07, 6.45) is -2.86. The zero-order chi connectivity index (χ0) is 27.7. The predicted molar refractivity (Wildman–Crippen MR) is 125 cm³/mol. The van der Waals surface area contributed by atoms with Crippen molar-refractivity contribution in [3.63, 3.8) is 0 Å². The van der Waals surface area contributed by atoms with Crippen LogP contribution in [0, 0.1) is 5.82 Å². The van der Waals surface area contributed by atoms with Crippen LogP contribution in [0.1, 0.15) is 48.5 Å². The molecule has 2 aromatic heterocycles. The molecular formula is C24H24F4N6O4. The van der Waals surface area contributed by atoms with E-state index in [9.17, 15) is 27.2 Å². The first-order valence-corrected chi connectivity index (χ1v) is 11.4. The van der Waals surface area contributed by atoms with Crippen molar-refractivity contribution in [2.45, 2.75) is 38.7 Å². The van der Waals surface area contributed by atoms with Crippen LogP contribution in [0.15, 0.2) is 43.0 Å². The van der Waals surface area contributed by atoms with Crippen LogP contribution in [0.25, 0.3) is 5.82 Å². The van der Waals surface area contributed by atoms with Crippen molar-refractivity contribution in [1.82, 2.24) is 24.6 Å². The van der Waals surface area contributed by atoms with Gasteiger partial charge in [-0.05, 0) is 32.9 Å². The Balaban J connectivity index is 1.43. The molecule has 1 aliphatic rings. The van der Waals surface area contributed by atoms with Gasteiger partial charge in [0, 0.05) is 30.1 Å². The van der Waals surface area contributed by atoms with Crippen LogP contribution in [-0.2, 0) is 15.7 Å². The lowest BCUT2D eigenvalue weighted by Crippen LogP contribution is -2.44. The highest BCUT2D eigenvalue weighted by Crippen LogP contribution is 2.29. The molecule has 1 aromatic carbocycles. The largest absolute Gasteiger partial charge is 0.444 e. The van der Waals surface area contributed by atoms with Crippen LogP contribution in [-0.4, -0.2) is 61.9 Å². The van der Waals surface area contributed by atoms with Gasteiger partial charge in [-0.15, -0.1) is 0 Å². The van der Waals surface area contributed by atoms with Crippen LogP contribution < -0.4 is 5.32 Å². The second-order valence-electron chi connectivity index (χ2n) is 9.41. The molecule has 202 valence electrons. The Morgan fingerprint density at radius 2 is 1.92 bits per heavy atom. The van der Waals surface area contributed by atoms with Gasteiger partial charge in [0.05, 0.1) is 24.9 Å². The first-order valence-electron chi connectivity index (χ1n) is 11.4. The fourth-order valence-corrected chi connectivity index (χ4v) is 3.59. The third kappa shape index (κ3) is 6.43. The van der Waals surface area contributed by atoms with Gasteiger partial charge in [0.25, 0.3) is 5.91 Å². The Hall–Kier alpha value is -4.07. The van der Waals surface area contributed by atoms with Crippen molar-refractivity contribution in [3.05, 3.63) is 65.6 Å². The molecule has 1 fully saturated rings. The van der Waals surface area contributed by atoms with Crippen molar-refractivity contribution in [2.24, 2.45) is 0 Å². The van der Waals surface area contributed by atoms with Crippen LogP contribution in [0.3, 0.4) is 0 Å². The molecule has 3 heterocycles. The summed E-state index contributed by atoms with van der Waals surface area (Å²) in [5.74, 6) is -1.51. The minimum Gasteiger partial charge on any atom is -0.444 e. The van der Waals surface area contributed by atoms with Crippen LogP contribution >= 0.6 is 0 Å². The number of hydrogen-bond acceptors (Lipinski definition) is 7. The molecule has 0 aliphatic carbocycles. The third-order valence-corrected chi connectivity index (χ3v) is 5.35. The zero-order valence-electron chi connectivity index (χ0n) is 20.6. The molecule has 1 saturated heterocycles. The number of amides is 2. The SMILES string of the molecule is CC(C)(C)OC(=O)N1CCO[C@@H](c2ccc(NC(=O)c3cnn(-c4cc(C(F)(F)F)ncn4)c3)cc2F)C1. The van der Waals surface area contributed by atoms with Gasteiger partial charge in [-0.3, -0.25) is 4.79 Å². The molecule has 38 heavy (non-hydrogen) atoms. The maximum absolute atomic E-state index is 15.0. The number of nitrogens with one attached hydrogen (secondary N) is 1. The molecule has 10 nitrogen and oxygen atoms in total. The minimum absolute atomic E-state index is 0.00488. The molecule has 3 aromatic rings. The summed E-state index contributed by atoms with van der Waals surface area (Å²) < 4.78 is 65.7. The Bertz CT molecular complexity index is 1340. The first kappa shape index (κ1) is 27.0. The van der Waals surface area contributed by atoms with E-state index in [0.29, 0.717) is 12.6 Å². The number of anilines is 1. The van der Waals surface area contributed by atoms with Gasteiger partial charge in [-0.1, -0.05) is 6.07 Å². The number of halogens is 4. The second kappa shape index (κ2) is 10.4. The average molecular weight is 536 g/mol. The van der Waals surface area contributed by atoms with E-state index in [1.54, 1.807) is 20.8 Å². The monoisotopic (exact) mass is 536 g/mol. The highest BCUT2D eigenvalue weighted by Gasteiger charge is 2.33. The number of hydrogen-bond donors (Lipinski definition) is 1. The van der Waals surface area contributed by atoms with E-state index in [2.05, 4.69) is 20.4 Å². The lowest BCUT2D eigenvalue weighted by atomic mass is 10.1. The number of nitrogens with zero attached hydrogens (tertiary/aromatic N) is 5. The summed E-state index contributed by atoms with van der Waals surface area (Å²) in [6, 6.07) is 4.71. The van der Waals surface area contributed by atoms with Gasteiger partial charge in [0.1, 0.15) is 29.5 Å². The number of benzene rings is 1. The minimum atomic E-state index is -4.67. The Morgan fingerprint density at radius 1 is 1.16 bits per heavy atom. The van der Waals surface area contributed by atoms with Gasteiger partial charge in [0.2, 0.25) is 0 Å². The fraction of sp³-hybridized carbons (Fsp3) is 0.375. The quantitative estimate of drug-likeness (QED) is 0.493. The van der Waals surface area contributed by atoms with E-state index in [1.807, 2.05) is 0 Å². The molecule has 0 spiro atoms. The van der Waals surface area contributed by atoms with Gasteiger partial charge >= 0.3 is 12.3 Å². The third-order valence-electron chi connectivity index (χ3n) is 5.35. The van der Waals surface area contributed by atoms with E-state index in [-0.39, 0.29) is 35.8 Å². The molecule has 0 radical (unpaired) electrons. The fourth-order valence-electron chi connectivity index (χ4n) is 3.59. The predicted octanol–water partition coefficient (Wildman–Crippen LogP) is 4.38. The molecule has 1 atom stereocenters. The lowest BCUT2D eigenvalue weighted by Gasteiger charge is -2.34. The van der Waals surface area contributed by atoms with Crippen molar-refractivity contribution >= 4 is 17.7 Å². The molecule has 14 heteroatoms. The Kier molecular flexibility index (Phi) is 7.35. The molecular weight excluding hydrogens is 512 g/mol. The summed E-state index contributed by atoms with van der Waals surface area (Å²) in [6.45, 7) is 5.85. The van der Waals surface area contributed by atoms with E-state index >= 15 is 0 Å². The summed E-state index contributed by atoms with van der Waals surface area (Å²) in [5.41, 5.74) is -1.49. The molecule has 2 amide bonds. The molecule has 4 rings (SSSR count). The second-order valence-corrected chi connectivity index (χ2v) is 9.41. The lowest BCUT2D eigenvalue weighted by molar-refractivity contribution is -0.141. The zero-order valence-corrected chi connectivity index (χ0v) is 20.6. The van der Waals surface area contributed by atoms with Gasteiger partial charge in [-0.2, -0.15) is 18.3 Å². The smallest absolute Gasteiger partial charge is 0.433 e. The Morgan fingerprint density at radius 3 is 2.61 bits per heavy atom. The number of aromatic nitrogens is 4. The van der Waals surface area contributed by atoms with Gasteiger partial charge in [-0.25, -0.2) is 23.8 Å². The van der Waals surface area contributed by atoms with Crippen molar-refractivity contribution in [3.8, 4) is 5.82 Å². The summed E-state index contributed by atoms with van der Waals surface area (Å²) in [5, 5.41) is 6.39. The first-order chi connectivity index (χ1) is 17.8. The van der Waals surface area contributed by atoms with Crippen LogP contribution in [0.2, 0.25) is 0 Å². The molecule has 1 aliphatic heterocycles. The number of carbonyl (C=O) groups excluding carboxylic acids is 2. The number of morpholine rings is 1. The average Bonchev–Trinajstić information content (AvgIpc) is 3.33. The van der Waals surface area contributed by atoms with Crippen molar-refractivity contribution in [2.75, 3.05) is 25.0 Å². The summed E-state index contributed by atoms with van der Waals surface area (Å²) >= 11 is 0. The molecule has 0 saturated carbocycles. The molecule has 0 bridgehead atoms. The van der Waals surface area contributed by atoms with E-state index in [1.165, 1.54) is 23.2 Å². The van der Waals surface area contributed by atoms with Gasteiger partial charge < -0.3 is 19.7 Å². The van der Waals surface area contributed by atoms with E-state index in [4.69, 9.17) is 9.47 Å². The number of rotatable bonds is 4. The normalized spacial score (nSPS) is 16.3. The number of alkyl halides is 3. The topological polar surface area (TPSA) is 111 Å². The maximum atomic E-state index is 15.0. The highest BCUT2D eigenvalue weighted by atomic mass is 19.4. The van der Waals surface area contributed by atoms with Crippen LogP contribution in [0.4, 0.5) is 28.0 Å². The van der Waals surface area contributed by atoms with E-state index in [0.717, 1.165) is 23.3 Å². The van der Waals surface area contributed by atoms with Crippen molar-refractivity contribution < 1.29 is 36.6 Å². The maximum Gasteiger partial charge on any atom is 0.433 e. The van der Waals surface area contributed by atoms with Crippen molar-refractivity contribution in [1.29, 1.82) is 0 Å². The Labute approximate surface area is 214 Å². The summed E-state index contributed by atoms with van der Waals surface area (Å²) in [4.78, 5) is 33.4.